The van der Waals surface area contributed by atoms with E-state index in [2.05, 4.69) is 0 Å². The predicted molar refractivity (Wildman–Crippen MR) is 51.1 cm³/mol. The molecule has 1 aromatic heterocycles. The number of hydrogen-bond donors (Lipinski definition) is 1. The third-order valence-corrected chi connectivity index (χ3v) is 3.59. The first kappa shape index (κ1) is 8.20. The van der Waals surface area contributed by atoms with Gasteiger partial charge in [-0.1, -0.05) is 0 Å². The average molecular weight is 183 g/mol. The average Bonchev–Trinajstić information content (AvgIpc) is 2.77. The van der Waals surface area contributed by atoms with E-state index in [4.69, 9.17) is 10.2 Å². The Hall–Kier alpha value is -0.410. The van der Waals surface area contributed by atoms with E-state index < -0.39 is 0 Å². The van der Waals surface area contributed by atoms with Crippen molar-refractivity contribution in [3.8, 4) is 0 Å². The van der Waals surface area contributed by atoms with Crippen molar-refractivity contribution in [2.45, 2.75) is 12.5 Å². The summed E-state index contributed by atoms with van der Waals surface area (Å²) in [6, 6.07) is 2.15. The lowest BCUT2D eigenvalue weighted by Gasteiger charge is -2.15. The zero-order valence-electron chi connectivity index (χ0n) is 6.90. The van der Waals surface area contributed by atoms with Crippen LogP contribution < -0.4 is 5.73 Å². The second-order valence-electron chi connectivity index (χ2n) is 3.21. The van der Waals surface area contributed by atoms with Crippen molar-refractivity contribution in [1.29, 1.82) is 0 Å². The molecule has 1 fully saturated rings. The first-order valence-electron chi connectivity index (χ1n) is 4.23. The molecule has 0 aliphatic carbocycles. The Kier molecular flexibility index (Phi) is 2.42. The summed E-state index contributed by atoms with van der Waals surface area (Å²) < 4.78 is 5.01. The molecular weight excluding hydrogens is 170 g/mol. The van der Waals surface area contributed by atoms with Crippen LogP contribution in [-0.4, -0.2) is 11.5 Å². The molecule has 2 nitrogen and oxygen atoms in total. The maximum absolute atomic E-state index is 6.07. The fourth-order valence-corrected chi connectivity index (χ4v) is 2.89. The Morgan fingerprint density at radius 1 is 1.67 bits per heavy atom. The zero-order chi connectivity index (χ0) is 8.39. The van der Waals surface area contributed by atoms with Gasteiger partial charge in [0, 0.05) is 11.6 Å². The Bertz CT molecular complexity index is 229. The fraction of sp³-hybridized carbons (Fsp3) is 0.556. The zero-order valence-corrected chi connectivity index (χ0v) is 7.72. The van der Waals surface area contributed by atoms with Gasteiger partial charge in [0.05, 0.1) is 12.5 Å². The van der Waals surface area contributed by atoms with Gasteiger partial charge in [0.25, 0.3) is 0 Å². The lowest BCUT2D eigenvalue weighted by molar-refractivity contribution is 0.474. The van der Waals surface area contributed by atoms with Gasteiger partial charge < -0.3 is 10.2 Å². The molecule has 0 amide bonds. The van der Waals surface area contributed by atoms with Gasteiger partial charge in [-0.3, -0.25) is 0 Å². The largest absolute Gasteiger partial charge is 0.472 e. The van der Waals surface area contributed by atoms with Crippen LogP contribution in [0.1, 0.15) is 18.0 Å². The van der Waals surface area contributed by atoms with Crippen molar-refractivity contribution in [1.82, 2.24) is 0 Å². The van der Waals surface area contributed by atoms with Crippen LogP contribution in [0.5, 0.6) is 0 Å². The first-order chi connectivity index (χ1) is 5.88. The van der Waals surface area contributed by atoms with Crippen molar-refractivity contribution in [2.24, 2.45) is 11.7 Å². The van der Waals surface area contributed by atoms with E-state index in [1.54, 1.807) is 12.5 Å². The maximum Gasteiger partial charge on any atom is 0.0950 e. The standard InChI is InChI=1S/C9H13NOS/c10-9(7-1-3-11-5-7)8-2-4-12-6-8/h1,3,5,8-9H,2,4,6,10H2. The summed E-state index contributed by atoms with van der Waals surface area (Å²) in [5, 5.41) is 0. The van der Waals surface area contributed by atoms with E-state index >= 15 is 0 Å². The molecule has 0 saturated carbocycles. The van der Waals surface area contributed by atoms with Crippen LogP contribution in [0.4, 0.5) is 0 Å². The predicted octanol–water partition coefficient (Wildman–Crippen LogP) is 2.03. The molecular formula is C9H13NOS. The molecule has 1 saturated heterocycles. The molecule has 0 bridgehead atoms. The third kappa shape index (κ3) is 1.52. The second kappa shape index (κ2) is 3.54. The summed E-state index contributed by atoms with van der Waals surface area (Å²) in [6.45, 7) is 0. The Morgan fingerprint density at radius 3 is 3.17 bits per heavy atom. The van der Waals surface area contributed by atoms with Gasteiger partial charge in [0.2, 0.25) is 0 Å². The van der Waals surface area contributed by atoms with Crippen LogP contribution in [-0.2, 0) is 0 Å². The molecule has 2 N–H and O–H groups in total. The van der Waals surface area contributed by atoms with Gasteiger partial charge in [-0.15, -0.1) is 0 Å². The monoisotopic (exact) mass is 183 g/mol. The summed E-state index contributed by atoms with van der Waals surface area (Å²) >= 11 is 2.00. The van der Waals surface area contributed by atoms with E-state index in [1.165, 1.54) is 17.9 Å². The molecule has 3 heteroatoms. The minimum absolute atomic E-state index is 0.179. The SMILES string of the molecule is NC(c1ccoc1)C1CCSC1. The lowest BCUT2D eigenvalue weighted by Crippen LogP contribution is -2.20. The topological polar surface area (TPSA) is 39.2 Å². The molecule has 1 aliphatic rings. The van der Waals surface area contributed by atoms with Crippen LogP contribution in [0, 0.1) is 5.92 Å². The highest BCUT2D eigenvalue weighted by Crippen LogP contribution is 2.32. The third-order valence-electron chi connectivity index (χ3n) is 2.40. The quantitative estimate of drug-likeness (QED) is 0.762. The molecule has 0 radical (unpaired) electrons. The van der Waals surface area contributed by atoms with Crippen molar-refractivity contribution in [3.05, 3.63) is 24.2 Å². The van der Waals surface area contributed by atoms with E-state index in [1.807, 2.05) is 17.8 Å². The van der Waals surface area contributed by atoms with Crippen LogP contribution in [0.25, 0.3) is 0 Å². The summed E-state index contributed by atoms with van der Waals surface area (Å²) in [5.41, 5.74) is 7.21. The summed E-state index contributed by atoms with van der Waals surface area (Å²) in [5.74, 6) is 3.11. The molecule has 0 spiro atoms. The Labute approximate surface area is 76.5 Å². The van der Waals surface area contributed by atoms with Gasteiger partial charge in [0.1, 0.15) is 0 Å². The van der Waals surface area contributed by atoms with E-state index in [0.29, 0.717) is 5.92 Å². The van der Waals surface area contributed by atoms with Crippen LogP contribution in [0.15, 0.2) is 23.0 Å². The summed E-state index contributed by atoms with van der Waals surface area (Å²) in [6.07, 6.45) is 4.70. The molecule has 66 valence electrons. The molecule has 0 aromatic carbocycles. The number of rotatable bonds is 2. The molecule has 2 atom stereocenters. The van der Waals surface area contributed by atoms with E-state index in [9.17, 15) is 0 Å². The molecule has 2 unspecified atom stereocenters. The lowest BCUT2D eigenvalue weighted by atomic mass is 9.95. The summed E-state index contributed by atoms with van der Waals surface area (Å²) in [4.78, 5) is 0. The number of nitrogens with two attached hydrogens (primary N) is 1. The van der Waals surface area contributed by atoms with Gasteiger partial charge in [-0.2, -0.15) is 11.8 Å². The smallest absolute Gasteiger partial charge is 0.0950 e. The van der Waals surface area contributed by atoms with Crippen molar-refractivity contribution in [3.63, 3.8) is 0 Å². The minimum atomic E-state index is 0.179. The van der Waals surface area contributed by atoms with Crippen molar-refractivity contribution < 1.29 is 4.42 Å². The van der Waals surface area contributed by atoms with Gasteiger partial charge >= 0.3 is 0 Å². The Morgan fingerprint density at radius 2 is 2.58 bits per heavy atom. The molecule has 1 aromatic rings. The molecule has 2 heterocycles. The Balaban J connectivity index is 2.04. The molecule has 2 rings (SSSR count). The number of hydrogen-bond acceptors (Lipinski definition) is 3. The van der Waals surface area contributed by atoms with Crippen LogP contribution in [0.3, 0.4) is 0 Å². The van der Waals surface area contributed by atoms with Crippen molar-refractivity contribution in [2.75, 3.05) is 11.5 Å². The van der Waals surface area contributed by atoms with Crippen LogP contribution >= 0.6 is 11.8 Å². The molecule has 12 heavy (non-hydrogen) atoms. The highest BCUT2D eigenvalue weighted by molar-refractivity contribution is 7.99. The highest BCUT2D eigenvalue weighted by Gasteiger charge is 2.23. The molecule has 1 aliphatic heterocycles. The van der Waals surface area contributed by atoms with Gasteiger partial charge in [0.15, 0.2) is 0 Å². The fourth-order valence-electron chi connectivity index (χ4n) is 1.57. The minimum Gasteiger partial charge on any atom is -0.472 e. The summed E-state index contributed by atoms with van der Waals surface area (Å²) in [7, 11) is 0. The maximum atomic E-state index is 6.07. The highest BCUT2D eigenvalue weighted by atomic mass is 32.2. The number of furan rings is 1. The second-order valence-corrected chi connectivity index (χ2v) is 4.36. The van der Waals surface area contributed by atoms with Crippen LogP contribution in [0.2, 0.25) is 0 Å². The van der Waals surface area contributed by atoms with Gasteiger partial charge in [-0.05, 0) is 29.9 Å². The number of thioether (sulfide) groups is 1. The van der Waals surface area contributed by atoms with E-state index in [-0.39, 0.29) is 6.04 Å². The van der Waals surface area contributed by atoms with Crippen molar-refractivity contribution >= 4 is 11.8 Å². The van der Waals surface area contributed by atoms with E-state index in [0.717, 1.165) is 5.56 Å². The normalized spacial score (nSPS) is 25.9. The van der Waals surface area contributed by atoms with Gasteiger partial charge in [-0.25, -0.2) is 0 Å². The first-order valence-corrected chi connectivity index (χ1v) is 5.39.